The van der Waals surface area contributed by atoms with Gasteiger partial charge in [0.1, 0.15) is 12.3 Å². The number of benzene rings is 1. The van der Waals surface area contributed by atoms with Crippen LogP contribution >= 0.6 is 15.9 Å². The molecule has 0 aliphatic heterocycles. The average Bonchev–Trinajstić information content (AvgIpc) is 2.51. The van der Waals surface area contributed by atoms with E-state index in [0.717, 1.165) is 15.9 Å². The first-order valence-corrected chi connectivity index (χ1v) is 7.18. The lowest BCUT2D eigenvalue weighted by molar-refractivity contribution is -0.121. The molecule has 0 saturated carbocycles. The van der Waals surface area contributed by atoms with Gasteiger partial charge in [-0.3, -0.25) is 19.1 Å². The van der Waals surface area contributed by atoms with Gasteiger partial charge in [-0.15, -0.1) is 0 Å². The van der Waals surface area contributed by atoms with Crippen LogP contribution in [-0.2, 0) is 17.9 Å². The van der Waals surface area contributed by atoms with Gasteiger partial charge in [0.25, 0.3) is 5.56 Å². The Morgan fingerprint density at radius 1 is 1.32 bits per heavy atom. The van der Waals surface area contributed by atoms with Crippen molar-refractivity contribution < 1.29 is 9.53 Å². The molecule has 0 aliphatic carbocycles. The van der Waals surface area contributed by atoms with Crippen LogP contribution in [0.25, 0.3) is 0 Å². The lowest BCUT2D eigenvalue weighted by Gasteiger charge is -2.08. The second-order valence-electron chi connectivity index (χ2n) is 4.49. The van der Waals surface area contributed by atoms with E-state index in [1.54, 1.807) is 19.2 Å². The number of methoxy groups -OCH3 is 1. The summed E-state index contributed by atoms with van der Waals surface area (Å²) in [5.41, 5.74) is -0.253. The van der Waals surface area contributed by atoms with Crippen molar-refractivity contribution in [2.75, 3.05) is 7.11 Å². The normalized spacial score (nSPS) is 10.3. The molecule has 0 unspecified atom stereocenters. The third-order valence-electron chi connectivity index (χ3n) is 2.93. The zero-order chi connectivity index (χ0) is 16.1. The molecule has 1 aromatic carbocycles. The molecule has 2 rings (SSSR count). The molecule has 1 aromatic heterocycles. The summed E-state index contributed by atoms with van der Waals surface area (Å²) < 4.78 is 6.36. The molecular formula is C14H14BrN3O4. The van der Waals surface area contributed by atoms with Crippen LogP contribution in [0.1, 0.15) is 5.56 Å². The van der Waals surface area contributed by atoms with Crippen LogP contribution in [0.15, 0.2) is 44.5 Å². The maximum Gasteiger partial charge on any atom is 0.328 e. The van der Waals surface area contributed by atoms with Gasteiger partial charge in [-0.1, -0.05) is 12.1 Å². The second kappa shape index (κ2) is 7.08. The Balaban J connectivity index is 1.97. The first kappa shape index (κ1) is 16.0. The molecular weight excluding hydrogens is 354 g/mol. The van der Waals surface area contributed by atoms with Gasteiger partial charge in [-0.25, -0.2) is 4.79 Å². The number of nitrogens with one attached hydrogen (secondary N) is 2. The Morgan fingerprint density at radius 3 is 2.64 bits per heavy atom. The first-order valence-electron chi connectivity index (χ1n) is 6.38. The average molecular weight is 368 g/mol. The summed E-state index contributed by atoms with van der Waals surface area (Å²) in [7, 11) is 1.58. The van der Waals surface area contributed by atoms with Crippen molar-refractivity contribution in [3.63, 3.8) is 0 Å². The van der Waals surface area contributed by atoms with Gasteiger partial charge in [0.15, 0.2) is 0 Å². The van der Waals surface area contributed by atoms with E-state index in [2.05, 4.69) is 26.2 Å². The fourth-order valence-electron chi connectivity index (χ4n) is 1.75. The molecule has 7 nitrogen and oxygen atoms in total. The summed E-state index contributed by atoms with van der Waals surface area (Å²) in [4.78, 5) is 36.7. The van der Waals surface area contributed by atoms with Gasteiger partial charge in [-0.05, 0) is 33.6 Å². The van der Waals surface area contributed by atoms with Gasteiger partial charge in [-0.2, -0.15) is 0 Å². The molecule has 1 amide bonds. The third-order valence-corrected chi connectivity index (χ3v) is 3.49. The van der Waals surface area contributed by atoms with Gasteiger partial charge in [0, 0.05) is 12.7 Å². The fourth-order valence-corrected chi connectivity index (χ4v) is 2.10. The highest BCUT2D eigenvalue weighted by atomic mass is 79.9. The predicted octanol–water partition coefficient (Wildman–Crippen LogP) is 0.624. The summed E-state index contributed by atoms with van der Waals surface area (Å²) in [6, 6.07) is 7.26. The van der Waals surface area contributed by atoms with Crippen LogP contribution in [0.4, 0.5) is 0 Å². The van der Waals surface area contributed by atoms with Crippen LogP contribution < -0.4 is 21.3 Å². The smallest absolute Gasteiger partial charge is 0.328 e. The molecule has 0 bridgehead atoms. The van der Waals surface area contributed by atoms with Crippen LogP contribution in [0.2, 0.25) is 0 Å². The van der Waals surface area contributed by atoms with Crippen molar-refractivity contribution in [1.82, 2.24) is 14.9 Å². The van der Waals surface area contributed by atoms with Gasteiger partial charge < -0.3 is 10.1 Å². The number of H-pyrrole nitrogens is 1. The Kier molecular flexibility index (Phi) is 5.16. The van der Waals surface area contributed by atoms with E-state index in [4.69, 9.17) is 4.74 Å². The largest absolute Gasteiger partial charge is 0.497 e. The minimum Gasteiger partial charge on any atom is -0.497 e. The number of hydrogen-bond acceptors (Lipinski definition) is 4. The monoisotopic (exact) mass is 367 g/mol. The van der Waals surface area contributed by atoms with E-state index in [9.17, 15) is 14.4 Å². The molecule has 8 heteroatoms. The highest BCUT2D eigenvalue weighted by Crippen LogP contribution is 2.10. The molecule has 0 radical (unpaired) electrons. The standard InChI is InChI=1S/C14H14BrN3O4/c1-22-10-4-2-9(3-5-10)6-16-12(19)8-18-7-11(15)13(20)17-14(18)21/h2-5,7H,6,8H2,1H3,(H,16,19)(H,17,20,21). The highest BCUT2D eigenvalue weighted by molar-refractivity contribution is 9.10. The quantitative estimate of drug-likeness (QED) is 0.810. The van der Waals surface area contributed by atoms with E-state index in [1.807, 2.05) is 12.1 Å². The summed E-state index contributed by atoms with van der Waals surface area (Å²) in [5.74, 6) is 0.400. The van der Waals surface area contributed by atoms with Crippen molar-refractivity contribution in [2.45, 2.75) is 13.1 Å². The number of nitrogens with zero attached hydrogens (tertiary/aromatic N) is 1. The van der Waals surface area contributed by atoms with Crippen molar-refractivity contribution in [3.8, 4) is 5.75 Å². The van der Waals surface area contributed by atoms with Crippen LogP contribution in [0.5, 0.6) is 5.75 Å². The van der Waals surface area contributed by atoms with Crippen LogP contribution in [0, 0.1) is 0 Å². The lowest BCUT2D eigenvalue weighted by Crippen LogP contribution is -2.35. The van der Waals surface area contributed by atoms with Crippen molar-refractivity contribution in [1.29, 1.82) is 0 Å². The van der Waals surface area contributed by atoms with E-state index in [0.29, 0.717) is 6.54 Å². The van der Waals surface area contributed by atoms with Gasteiger partial charge in [0.2, 0.25) is 5.91 Å². The second-order valence-corrected chi connectivity index (χ2v) is 5.34. The third kappa shape index (κ3) is 4.08. The molecule has 22 heavy (non-hydrogen) atoms. The minimum atomic E-state index is -0.632. The number of aromatic nitrogens is 2. The number of halogens is 1. The number of carbonyl (C=O) groups is 1. The Labute approximate surface area is 134 Å². The number of rotatable bonds is 5. The number of aromatic amines is 1. The zero-order valence-electron chi connectivity index (χ0n) is 11.8. The molecule has 2 N–H and O–H groups in total. The molecule has 0 saturated heterocycles. The Morgan fingerprint density at radius 2 is 2.00 bits per heavy atom. The maximum absolute atomic E-state index is 11.9. The molecule has 0 spiro atoms. The predicted molar refractivity (Wildman–Crippen MR) is 83.9 cm³/mol. The number of hydrogen-bond donors (Lipinski definition) is 2. The molecule has 0 atom stereocenters. The molecule has 2 aromatic rings. The summed E-state index contributed by atoms with van der Waals surface area (Å²) >= 11 is 3.01. The van der Waals surface area contributed by atoms with Gasteiger partial charge in [0.05, 0.1) is 11.6 Å². The molecule has 0 aliphatic rings. The Bertz CT molecular complexity index is 780. The summed E-state index contributed by atoms with van der Waals surface area (Å²) in [6.07, 6.45) is 1.29. The zero-order valence-corrected chi connectivity index (χ0v) is 13.3. The summed E-state index contributed by atoms with van der Waals surface area (Å²) in [5, 5.41) is 2.70. The summed E-state index contributed by atoms with van der Waals surface area (Å²) in [6.45, 7) is 0.159. The van der Waals surface area contributed by atoms with Crippen LogP contribution in [-0.4, -0.2) is 22.6 Å². The number of ether oxygens (including phenoxy) is 1. The van der Waals surface area contributed by atoms with Gasteiger partial charge >= 0.3 is 5.69 Å². The van der Waals surface area contributed by atoms with Crippen molar-refractivity contribution in [3.05, 3.63) is 61.3 Å². The van der Waals surface area contributed by atoms with E-state index >= 15 is 0 Å². The molecule has 1 heterocycles. The topological polar surface area (TPSA) is 93.2 Å². The van der Waals surface area contributed by atoms with E-state index in [-0.39, 0.29) is 16.9 Å². The maximum atomic E-state index is 11.9. The van der Waals surface area contributed by atoms with E-state index < -0.39 is 11.2 Å². The van der Waals surface area contributed by atoms with E-state index in [1.165, 1.54) is 6.20 Å². The number of carbonyl (C=O) groups excluding carboxylic acids is 1. The number of amides is 1. The molecule has 116 valence electrons. The fraction of sp³-hybridized carbons (Fsp3) is 0.214. The van der Waals surface area contributed by atoms with Crippen molar-refractivity contribution in [2.24, 2.45) is 0 Å². The lowest BCUT2D eigenvalue weighted by atomic mass is 10.2. The van der Waals surface area contributed by atoms with Crippen molar-refractivity contribution >= 4 is 21.8 Å². The SMILES string of the molecule is COc1ccc(CNC(=O)Cn2cc(Br)c(=O)[nH]c2=O)cc1. The highest BCUT2D eigenvalue weighted by Gasteiger charge is 2.07. The Hall–Kier alpha value is -2.35. The minimum absolute atomic E-state index is 0.176. The van der Waals surface area contributed by atoms with Crippen LogP contribution in [0.3, 0.4) is 0 Å². The first-order chi connectivity index (χ1) is 10.5. The molecule has 0 fully saturated rings.